The van der Waals surface area contributed by atoms with Gasteiger partial charge in [-0.15, -0.1) is 0 Å². The van der Waals surface area contributed by atoms with Gasteiger partial charge in [-0.05, 0) is 23.8 Å². The molecule has 0 nitrogen and oxygen atoms in total. The Labute approximate surface area is 88.0 Å². The molecule has 2 radical (unpaired) electrons. The van der Waals surface area contributed by atoms with Gasteiger partial charge in [0.15, 0.2) is 0 Å². The van der Waals surface area contributed by atoms with Crippen molar-refractivity contribution in [3.05, 3.63) is 54.1 Å². The Morgan fingerprint density at radius 2 is 1.53 bits per heavy atom. The fourth-order valence-electron chi connectivity index (χ4n) is 1.38. The highest BCUT2D eigenvalue weighted by Crippen LogP contribution is 2.22. The summed E-state index contributed by atoms with van der Waals surface area (Å²) in [5.74, 6) is -0.899. The minimum absolute atomic E-state index is 0.245. The van der Waals surface area contributed by atoms with Gasteiger partial charge in [0.1, 0.15) is 19.5 Å². The lowest BCUT2D eigenvalue weighted by Crippen LogP contribution is -1.99. The van der Waals surface area contributed by atoms with Gasteiger partial charge in [-0.25, -0.2) is 8.78 Å². The van der Waals surface area contributed by atoms with E-state index >= 15 is 0 Å². The van der Waals surface area contributed by atoms with Crippen LogP contribution in [0.1, 0.15) is 0 Å². The predicted octanol–water partition coefficient (Wildman–Crippen LogP) is 2.43. The highest BCUT2D eigenvalue weighted by atomic mass is 19.1. The monoisotopic (exact) mass is 200 g/mol. The van der Waals surface area contributed by atoms with Crippen LogP contribution in [-0.4, -0.2) is 7.85 Å². The fraction of sp³-hybridized carbons (Fsp3) is 0. The van der Waals surface area contributed by atoms with Gasteiger partial charge in [-0.2, -0.15) is 0 Å². The van der Waals surface area contributed by atoms with Crippen LogP contribution in [0.5, 0.6) is 0 Å². The number of rotatable bonds is 1. The normalized spacial score (nSPS) is 10.3. The van der Waals surface area contributed by atoms with Crippen LogP contribution in [0.4, 0.5) is 8.78 Å². The van der Waals surface area contributed by atoms with Gasteiger partial charge >= 0.3 is 0 Å². The third-order valence-corrected chi connectivity index (χ3v) is 2.15. The second-order valence-electron chi connectivity index (χ2n) is 3.25. The molecule has 0 aliphatic carbocycles. The lowest BCUT2D eigenvalue weighted by molar-refractivity contribution is 0.603. The summed E-state index contributed by atoms with van der Waals surface area (Å²) in [5.41, 5.74) is 1.45. The van der Waals surface area contributed by atoms with Crippen molar-refractivity contribution < 1.29 is 8.78 Å². The standard InChI is InChI=1S/C12H7BF2/c13-9-3-1-8(2-4-9)11-7-10(14)5-6-12(11)15/h1-7H. The molecule has 0 saturated carbocycles. The quantitative estimate of drug-likeness (QED) is 0.620. The average Bonchev–Trinajstić information content (AvgIpc) is 2.23. The Kier molecular flexibility index (Phi) is 2.54. The Hall–Kier alpha value is -1.64. The summed E-state index contributed by atoms with van der Waals surface area (Å²) in [6.45, 7) is 0. The highest BCUT2D eigenvalue weighted by molar-refractivity contribution is 6.32. The van der Waals surface area contributed by atoms with Crippen LogP contribution in [0.3, 0.4) is 0 Å². The first-order chi connectivity index (χ1) is 7.16. The minimum atomic E-state index is -0.455. The van der Waals surface area contributed by atoms with E-state index in [9.17, 15) is 8.78 Å². The molecular weight excluding hydrogens is 193 g/mol. The van der Waals surface area contributed by atoms with E-state index < -0.39 is 11.6 Å². The third kappa shape index (κ3) is 2.06. The summed E-state index contributed by atoms with van der Waals surface area (Å²) >= 11 is 0. The molecule has 2 rings (SSSR count). The van der Waals surface area contributed by atoms with E-state index in [1.165, 1.54) is 6.07 Å². The molecule has 72 valence electrons. The van der Waals surface area contributed by atoms with Crippen LogP contribution >= 0.6 is 0 Å². The minimum Gasteiger partial charge on any atom is -0.207 e. The van der Waals surface area contributed by atoms with Gasteiger partial charge in [0.2, 0.25) is 0 Å². The maximum Gasteiger partial charge on any atom is 0.131 e. The summed E-state index contributed by atoms with van der Waals surface area (Å²) in [6, 6.07) is 10.00. The van der Waals surface area contributed by atoms with Crippen molar-refractivity contribution in [3.63, 3.8) is 0 Å². The van der Waals surface area contributed by atoms with Crippen molar-refractivity contribution in [3.8, 4) is 11.1 Å². The molecule has 0 bridgehead atoms. The summed E-state index contributed by atoms with van der Waals surface area (Å²) in [7, 11) is 5.50. The van der Waals surface area contributed by atoms with Gasteiger partial charge in [-0.1, -0.05) is 29.7 Å². The summed E-state index contributed by atoms with van der Waals surface area (Å²) < 4.78 is 26.3. The maximum atomic E-state index is 13.4. The fourth-order valence-corrected chi connectivity index (χ4v) is 1.38. The molecule has 0 aliphatic rings. The van der Waals surface area contributed by atoms with Crippen molar-refractivity contribution in [2.45, 2.75) is 0 Å². The zero-order valence-corrected chi connectivity index (χ0v) is 7.87. The van der Waals surface area contributed by atoms with Crippen LogP contribution in [0.15, 0.2) is 42.5 Å². The van der Waals surface area contributed by atoms with E-state index in [0.717, 1.165) is 12.1 Å². The molecule has 2 aromatic rings. The molecule has 0 unspecified atom stereocenters. The number of halogens is 2. The molecule has 0 spiro atoms. The lowest BCUT2D eigenvalue weighted by atomic mass is 9.93. The van der Waals surface area contributed by atoms with Crippen molar-refractivity contribution in [1.82, 2.24) is 0 Å². The van der Waals surface area contributed by atoms with E-state index in [1.54, 1.807) is 24.3 Å². The first kappa shape index (κ1) is 9.90. The molecule has 2 aromatic carbocycles. The van der Waals surface area contributed by atoms with E-state index in [-0.39, 0.29) is 5.56 Å². The topological polar surface area (TPSA) is 0 Å². The molecule has 0 N–H and O–H groups in total. The van der Waals surface area contributed by atoms with E-state index in [0.29, 0.717) is 11.0 Å². The Balaban J connectivity index is 2.53. The van der Waals surface area contributed by atoms with Crippen LogP contribution in [0.2, 0.25) is 0 Å². The third-order valence-electron chi connectivity index (χ3n) is 2.15. The molecule has 0 aromatic heterocycles. The maximum absolute atomic E-state index is 13.4. The molecule has 3 heteroatoms. The summed E-state index contributed by atoms with van der Waals surface area (Å²) in [4.78, 5) is 0. The van der Waals surface area contributed by atoms with Crippen LogP contribution in [-0.2, 0) is 0 Å². The first-order valence-corrected chi connectivity index (χ1v) is 4.48. The Bertz CT molecular complexity index is 477. The Morgan fingerprint density at radius 1 is 0.867 bits per heavy atom. The van der Waals surface area contributed by atoms with E-state index in [4.69, 9.17) is 7.85 Å². The molecule has 0 fully saturated rings. The van der Waals surface area contributed by atoms with Crippen LogP contribution in [0.25, 0.3) is 11.1 Å². The van der Waals surface area contributed by atoms with Gasteiger partial charge in [0, 0.05) is 5.56 Å². The molecular formula is C12H7BF2. The average molecular weight is 200 g/mol. The van der Waals surface area contributed by atoms with Gasteiger partial charge < -0.3 is 0 Å². The summed E-state index contributed by atoms with van der Waals surface area (Å²) in [6.07, 6.45) is 0. The molecule has 0 amide bonds. The molecule has 0 saturated heterocycles. The smallest absolute Gasteiger partial charge is 0.131 e. The van der Waals surface area contributed by atoms with Gasteiger partial charge in [0.05, 0.1) is 0 Å². The first-order valence-electron chi connectivity index (χ1n) is 4.48. The molecule has 0 atom stereocenters. The van der Waals surface area contributed by atoms with Crippen LogP contribution < -0.4 is 5.46 Å². The van der Waals surface area contributed by atoms with Crippen molar-refractivity contribution in [2.75, 3.05) is 0 Å². The predicted molar refractivity (Wildman–Crippen MR) is 57.2 cm³/mol. The number of hydrogen-bond donors (Lipinski definition) is 0. The van der Waals surface area contributed by atoms with E-state index in [1.807, 2.05) is 0 Å². The number of benzene rings is 2. The van der Waals surface area contributed by atoms with Gasteiger partial charge in [0.25, 0.3) is 0 Å². The Morgan fingerprint density at radius 3 is 2.20 bits per heavy atom. The zero-order chi connectivity index (χ0) is 10.8. The van der Waals surface area contributed by atoms with Crippen molar-refractivity contribution >= 4 is 13.3 Å². The highest BCUT2D eigenvalue weighted by Gasteiger charge is 2.05. The molecule has 15 heavy (non-hydrogen) atoms. The second kappa shape index (κ2) is 3.85. The summed E-state index contributed by atoms with van der Waals surface area (Å²) in [5, 5.41) is 0. The van der Waals surface area contributed by atoms with Crippen LogP contribution in [0, 0.1) is 11.6 Å². The molecule has 0 heterocycles. The van der Waals surface area contributed by atoms with Gasteiger partial charge in [-0.3, -0.25) is 0 Å². The molecule has 0 aliphatic heterocycles. The number of hydrogen-bond acceptors (Lipinski definition) is 0. The van der Waals surface area contributed by atoms with Crippen molar-refractivity contribution in [2.24, 2.45) is 0 Å². The lowest BCUT2D eigenvalue weighted by Gasteiger charge is -2.04. The SMILES string of the molecule is [B]c1ccc(-c2cc(F)ccc2F)cc1. The zero-order valence-electron chi connectivity index (χ0n) is 7.87. The second-order valence-corrected chi connectivity index (χ2v) is 3.25. The largest absolute Gasteiger partial charge is 0.207 e. The van der Waals surface area contributed by atoms with Crippen molar-refractivity contribution in [1.29, 1.82) is 0 Å². The van der Waals surface area contributed by atoms with E-state index in [2.05, 4.69) is 0 Å².